The molecule has 3 aromatic rings. The second-order valence-electron chi connectivity index (χ2n) is 6.36. The van der Waals surface area contributed by atoms with Crippen molar-refractivity contribution in [1.29, 1.82) is 0 Å². The van der Waals surface area contributed by atoms with Crippen LogP contribution >= 0.6 is 22.9 Å². The lowest BCUT2D eigenvalue weighted by molar-refractivity contribution is 0.103. The molecule has 0 bridgehead atoms. The van der Waals surface area contributed by atoms with E-state index in [0.717, 1.165) is 23.9 Å². The molecular formula is C19H21ClN2OS. The fraction of sp³-hybridized carbons (Fsp3) is 0.316. The minimum Gasteiger partial charge on any atom is -0.381 e. The molecule has 0 saturated carbocycles. The van der Waals surface area contributed by atoms with Crippen LogP contribution in [0.25, 0.3) is 10.1 Å². The fourth-order valence-electron chi connectivity index (χ4n) is 3.01. The summed E-state index contributed by atoms with van der Waals surface area (Å²) < 4.78 is 1.18. The first-order chi connectivity index (χ1) is 11.4. The van der Waals surface area contributed by atoms with E-state index in [1.165, 1.54) is 9.58 Å². The van der Waals surface area contributed by atoms with Crippen molar-refractivity contribution in [3.63, 3.8) is 0 Å². The molecule has 0 radical (unpaired) electrons. The number of aliphatic hydroxyl groups is 1. The summed E-state index contributed by atoms with van der Waals surface area (Å²) in [4.78, 5) is 7.48. The number of fused-ring (bicyclic) bond motifs is 1. The molecule has 1 N–H and O–H groups in total. The summed E-state index contributed by atoms with van der Waals surface area (Å²) >= 11 is 8.02. The summed E-state index contributed by atoms with van der Waals surface area (Å²) in [6.07, 6.45) is 2.52. The Balaban J connectivity index is 2.19. The Morgan fingerprint density at radius 2 is 1.96 bits per heavy atom. The normalized spacial score (nSPS) is 14.2. The molecule has 0 aliphatic rings. The molecule has 0 spiro atoms. The lowest BCUT2D eigenvalue weighted by Crippen LogP contribution is -2.25. The number of rotatable bonds is 5. The lowest BCUT2D eigenvalue weighted by atomic mass is 9.86. The maximum atomic E-state index is 11.4. The van der Waals surface area contributed by atoms with Crippen LogP contribution in [0.3, 0.4) is 0 Å². The van der Waals surface area contributed by atoms with Crippen molar-refractivity contribution in [3.8, 4) is 0 Å². The van der Waals surface area contributed by atoms with Gasteiger partial charge >= 0.3 is 0 Å². The van der Waals surface area contributed by atoms with E-state index in [1.54, 1.807) is 17.5 Å². The van der Waals surface area contributed by atoms with E-state index in [9.17, 15) is 5.11 Å². The van der Waals surface area contributed by atoms with Crippen molar-refractivity contribution >= 4 is 33.0 Å². The number of pyridine rings is 1. The molecule has 1 unspecified atom stereocenters. The molecule has 0 aliphatic heterocycles. The average molecular weight is 361 g/mol. The highest BCUT2D eigenvalue weighted by molar-refractivity contribution is 7.19. The number of likely N-dealkylation sites (N-methyl/N-ethyl adjacent to an activating group) is 1. The zero-order valence-corrected chi connectivity index (χ0v) is 15.7. The summed E-state index contributed by atoms with van der Waals surface area (Å²) in [5, 5.41) is 12.9. The maximum Gasteiger partial charge on any atom is 0.135 e. The van der Waals surface area contributed by atoms with E-state index >= 15 is 0 Å². The van der Waals surface area contributed by atoms with Crippen LogP contribution in [0.15, 0.2) is 42.6 Å². The largest absolute Gasteiger partial charge is 0.381 e. The van der Waals surface area contributed by atoms with Crippen LogP contribution in [-0.2, 0) is 12.0 Å². The topological polar surface area (TPSA) is 36.4 Å². The number of halogens is 1. The van der Waals surface area contributed by atoms with Crippen LogP contribution < -0.4 is 0 Å². The van der Waals surface area contributed by atoms with Gasteiger partial charge in [-0.3, -0.25) is 0 Å². The van der Waals surface area contributed by atoms with Gasteiger partial charge in [0.2, 0.25) is 0 Å². The molecule has 1 atom stereocenters. The van der Waals surface area contributed by atoms with Crippen LogP contribution in [0.2, 0.25) is 5.15 Å². The summed E-state index contributed by atoms with van der Waals surface area (Å²) in [6.45, 7) is 2.74. The molecule has 1 aromatic carbocycles. The zero-order chi connectivity index (χ0) is 17.3. The fourth-order valence-corrected chi connectivity index (χ4v) is 4.61. The molecule has 3 nitrogen and oxygen atoms in total. The molecule has 0 saturated heterocycles. The SMILES string of the molecule is CN(C)CCc1sc2ccccc2c1C(C)(O)c1cccnc1Cl. The average Bonchev–Trinajstić information content (AvgIpc) is 2.92. The summed E-state index contributed by atoms with van der Waals surface area (Å²) in [7, 11) is 4.12. The van der Waals surface area contributed by atoms with Gasteiger partial charge < -0.3 is 10.0 Å². The second kappa shape index (κ2) is 6.81. The van der Waals surface area contributed by atoms with E-state index in [4.69, 9.17) is 11.6 Å². The van der Waals surface area contributed by atoms with Crippen LogP contribution in [-0.4, -0.2) is 35.6 Å². The van der Waals surface area contributed by atoms with Gasteiger partial charge in [0.25, 0.3) is 0 Å². The van der Waals surface area contributed by atoms with Gasteiger partial charge in [0.1, 0.15) is 10.8 Å². The highest BCUT2D eigenvalue weighted by Gasteiger charge is 2.33. The molecule has 126 valence electrons. The number of benzene rings is 1. The predicted octanol–water partition coefficient (Wildman–Crippen LogP) is 4.31. The molecule has 24 heavy (non-hydrogen) atoms. The maximum absolute atomic E-state index is 11.4. The number of hydrogen-bond donors (Lipinski definition) is 1. The number of hydrogen-bond acceptors (Lipinski definition) is 4. The van der Waals surface area contributed by atoms with Gasteiger partial charge in [0.05, 0.1) is 0 Å². The minimum absolute atomic E-state index is 0.344. The van der Waals surface area contributed by atoms with E-state index in [-0.39, 0.29) is 0 Å². The number of thiophene rings is 1. The third kappa shape index (κ3) is 3.20. The number of nitrogens with zero attached hydrogens (tertiary/aromatic N) is 2. The number of aromatic nitrogens is 1. The van der Waals surface area contributed by atoms with Gasteiger partial charge in [0, 0.05) is 33.4 Å². The van der Waals surface area contributed by atoms with Gasteiger partial charge in [-0.25, -0.2) is 4.98 Å². The molecule has 3 rings (SSSR count). The summed E-state index contributed by atoms with van der Waals surface area (Å²) in [5.74, 6) is 0. The standard InChI is InChI=1S/C19H21ClN2OS/c1-19(23,14-8-6-11-21-18(14)20)17-13-7-4-5-9-15(13)24-16(17)10-12-22(2)3/h4-9,11,23H,10,12H2,1-3H3. The molecule has 2 heterocycles. The van der Waals surface area contributed by atoms with Crippen molar-refractivity contribution in [2.75, 3.05) is 20.6 Å². The highest BCUT2D eigenvalue weighted by Crippen LogP contribution is 2.43. The van der Waals surface area contributed by atoms with Crippen molar-refractivity contribution in [2.24, 2.45) is 0 Å². The third-order valence-corrected chi connectivity index (χ3v) is 5.76. The Kier molecular flexibility index (Phi) is 4.92. The van der Waals surface area contributed by atoms with Gasteiger partial charge in [-0.1, -0.05) is 35.9 Å². The van der Waals surface area contributed by atoms with Crippen LogP contribution in [0.1, 0.15) is 22.9 Å². The Morgan fingerprint density at radius 1 is 1.21 bits per heavy atom. The molecule has 0 amide bonds. The summed E-state index contributed by atoms with van der Waals surface area (Å²) in [6, 6.07) is 11.9. The van der Waals surface area contributed by atoms with E-state index < -0.39 is 5.60 Å². The monoisotopic (exact) mass is 360 g/mol. The smallest absolute Gasteiger partial charge is 0.135 e. The molecule has 0 aliphatic carbocycles. The van der Waals surface area contributed by atoms with E-state index in [0.29, 0.717) is 10.7 Å². The van der Waals surface area contributed by atoms with Crippen molar-refractivity contribution in [1.82, 2.24) is 9.88 Å². The lowest BCUT2D eigenvalue weighted by Gasteiger charge is -2.26. The predicted molar refractivity (Wildman–Crippen MR) is 102 cm³/mol. The van der Waals surface area contributed by atoms with Crippen LogP contribution in [0.5, 0.6) is 0 Å². The summed E-state index contributed by atoms with van der Waals surface area (Å²) in [5.41, 5.74) is 0.397. The highest BCUT2D eigenvalue weighted by atomic mass is 35.5. The molecular weight excluding hydrogens is 340 g/mol. The quantitative estimate of drug-likeness (QED) is 0.689. The van der Waals surface area contributed by atoms with Gasteiger partial charge in [-0.05, 0) is 45.0 Å². The van der Waals surface area contributed by atoms with Crippen molar-refractivity contribution in [2.45, 2.75) is 18.9 Å². The second-order valence-corrected chi connectivity index (χ2v) is 7.86. The molecule has 2 aromatic heterocycles. The Morgan fingerprint density at radius 3 is 2.67 bits per heavy atom. The van der Waals surface area contributed by atoms with Crippen molar-refractivity contribution in [3.05, 3.63) is 63.8 Å². The van der Waals surface area contributed by atoms with Crippen LogP contribution in [0, 0.1) is 0 Å². The minimum atomic E-state index is -1.19. The first-order valence-corrected chi connectivity index (χ1v) is 9.09. The van der Waals surface area contributed by atoms with E-state index in [2.05, 4.69) is 36.1 Å². The van der Waals surface area contributed by atoms with Gasteiger partial charge in [-0.15, -0.1) is 11.3 Å². The van der Waals surface area contributed by atoms with Crippen LogP contribution in [0.4, 0.5) is 0 Å². The zero-order valence-electron chi connectivity index (χ0n) is 14.1. The Labute approximate surface area is 151 Å². The Bertz CT molecular complexity index is 857. The third-order valence-electron chi connectivity index (χ3n) is 4.22. The molecule has 5 heteroatoms. The van der Waals surface area contributed by atoms with E-state index in [1.807, 2.05) is 31.2 Å². The van der Waals surface area contributed by atoms with Gasteiger partial charge in [-0.2, -0.15) is 0 Å². The Hall–Kier alpha value is -1.46. The van der Waals surface area contributed by atoms with Gasteiger partial charge in [0.15, 0.2) is 0 Å². The first kappa shape index (κ1) is 17.4. The van der Waals surface area contributed by atoms with Crippen molar-refractivity contribution < 1.29 is 5.11 Å². The molecule has 0 fully saturated rings. The first-order valence-electron chi connectivity index (χ1n) is 7.90.